The van der Waals surface area contributed by atoms with E-state index in [0.29, 0.717) is 11.7 Å². The fourth-order valence-electron chi connectivity index (χ4n) is 2.80. The molecule has 0 saturated heterocycles. The molecule has 1 aliphatic carbocycles. The monoisotopic (exact) mass is 263 g/mol. The molecule has 19 heavy (non-hydrogen) atoms. The summed E-state index contributed by atoms with van der Waals surface area (Å²) in [6.07, 6.45) is 8.54. The lowest BCUT2D eigenvalue weighted by molar-refractivity contribution is -0.119. The van der Waals surface area contributed by atoms with Gasteiger partial charge in [-0.15, -0.1) is 0 Å². The van der Waals surface area contributed by atoms with Gasteiger partial charge in [-0.3, -0.25) is 4.79 Å². The molecule has 0 spiro atoms. The summed E-state index contributed by atoms with van der Waals surface area (Å²) in [4.78, 5) is 11.9. The Kier molecular flexibility index (Phi) is 4.43. The van der Waals surface area contributed by atoms with Crippen molar-refractivity contribution >= 4 is 12.0 Å². The van der Waals surface area contributed by atoms with Crippen LogP contribution in [-0.4, -0.2) is 23.2 Å². The summed E-state index contributed by atoms with van der Waals surface area (Å²) < 4.78 is 5.13. The lowest BCUT2D eigenvalue weighted by Gasteiger charge is -2.39. The van der Waals surface area contributed by atoms with E-state index in [0.717, 1.165) is 19.3 Å². The lowest BCUT2D eigenvalue weighted by Crippen LogP contribution is -2.53. The third-order valence-electron chi connectivity index (χ3n) is 3.72. The van der Waals surface area contributed by atoms with E-state index >= 15 is 0 Å². The summed E-state index contributed by atoms with van der Waals surface area (Å²) in [6, 6.07) is 3.56. The Morgan fingerprint density at radius 1 is 1.68 bits per heavy atom. The van der Waals surface area contributed by atoms with Gasteiger partial charge in [-0.2, -0.15) is 0 Å². The highest BCUT2D eigenvalue weighted by Crippen LogP contribution is 2.31. The number of hydrogen-bond donors (Lipinski definition) is 2. The smallest absolute Gasteiger partial charge is 0.244 e. The van der Waals surface area contributed by atoms with Crippen molar-refractivity contribution in [3.63, 3.8) is 0 Å². The van der Waals surface area contributed by atoms with Crippen LogP contribution in [0.25, 0.3) is 6.08 Å². The molecule has 104 valence electrons. The van der Waals surface area contributed by atoms with E-state index in [-0.39, 0.29) is 12.5 Å². The topological polar surface area (TPSA) is 62.5 Å². The van der Waals surface area contributed by atoms with Crippen molar-refractivity contribution in [2.24, 2.45) is 5.92 Å². The number of aliphatic hydroxyl groups is 1. The molecule has 1 amide bonds. The molecule has 2 unspecified atom stereocenters. The van der Waals surface area contributed by atoms with E-state index in [1.807, 2.05) is 0 Å². The van der Waals surface area contributed by atoms with Crippen LogP contribution in [0.4, 0.5) is 0 Å². The lowest BCUT2D eigenvalue weighted by atomic mass is 9.77. The van der Waals surface area contributed by atoms with Crippen LogP contribution in [-0.2, 0) is 4.79 Å². The highest BCUT2D eigenvalue weighted by Gasteiger charge is 2.35. The van der Waals surface area contributed by atoms with Gasteiger partial charge in [-0.25, -0.2) is 0 Å². The van der Waals surface area contributed by atoms with Crippen molar-refractivity contribution in [2.45, 2.75) is 38.1 Å². The number of furan rings is 1. The molecule has 0 aliphatic heterocycles. The largest absolute Gasteiger partial charge is 0.465 e. The highest BCUT2D eigenvalue weighted by molar-refractivity contribution is 5.91. The maximum atomic E-state index is 11.9. The first kappa shape index (κ1) is 13.9. The summed E-state index contributed by atoms with van der Waals surface area (Å²) in [5, 5.41) is 12.6. The maximum Gasteiger partial charge on any atom is 0.244 e. The number of rotatable bonds is 4. The van der Waals surface area contributed by atoms with Crippen molar-refractivity contribution < 1.29 is 14.3 Å². The average molecular weight is 263 g/mol. The van der Waals surface area contributed by atoms with Crippen molar-refractivity contribution in [1.82, 2.24) is 5.32 Å². The van der Waals surface area contributed by atoms with Crippen LogP contribution >= 0.6 is 0 Å². The van der Waals surface area contributed by atoms with Gasteiger partial charge in [0.05, 0.1) is 18.4 Å². The molecule has 1 saturated carbocycles. The van der Waals surface area contributed by atoms with Crippen molar-refractivity contribution in [2.75, 3.05) is 6.61 Å². The van der Waals surface area contributed by atoms with Crippen LogP contribution in [0.2, 0.25) is 0 Å². The van der Waals surface area contributed by atoms with Gasteiger partial charge >= 0.3 is 0 Å². The molecule has 0 bridgehead atoms. The Hall–Kier alpha value is -1.55. The Morgan fingerprint density at radius 2 is 2.53 bits per heavy atom. The molecule has 4 heteroatoms. The van der Waals surface area contributed by atoms with Gasteiger partial charge in [0.2, 0.25) is 5.91 Å². The number of amides is 1. The molecule has 2 N–H and O–H groups in total. The molecule has 4 nitrogen and oxygen atoms in total. The molecular formula is C15H21NO3. The highest BCUT2D eigenvalue weighted by atomic mass is 16.3. The minimum atomic E-state index is -0.456. The molecule has 2 atom stereocenters. The van der Waals surface area contributed by atoms with Gasteiger partial charge in [0.25, 0.3) is 0 Å². The van der Waals surface area contributed by atoms with E-state index in [2.05, 4.69) is 12.2 Å². The predicted octanol–water partition coefficient (Wildman–Crippen LogP) is 2.35. The van der Waals surface area contributed by atoms with Crippen molar-refractivity contribution in [1.29, 1.82) is 0 Å². The van der Waals surface area contributed by atoms with Gasteiger partial charge < -0.3 is 14.8 Å². The number of carbonyl (C=O) groups excluding carboxylic acids is 1. The summed E-state index contributed by atoms with van der Waals surface area (Å²) >= 11 is 0. The van der Waals surface area contributed by atoms with Gasteiger partial charge in [0, 0.05) is 6.08 Å². The van der Waals surface area contributed by atoms with E-state index in [9.17, 15) is 9.90 Å². The van der Waals surface area contributed by atoms with Crippen LogP contribution in [0.5, 0.6) is 0 Å². The van der Waals surface area contributed by atoms with Crippen molar-refractivity contribution in [3.8, 4) is 0 Å². The summed E-state index contributed by atoms with van der Waals surface area (Å²) in [5.74, 6) is 1.00. The fraction of sp³-hybridized carbons (Fsp3) is 0.533. The first-order valence-electron chi connectivity index (χ1n) is 6.78. The van der Waals surface area contributed by atoms with E-state index in [1.165, 1.54) is 12.5 Å². The Labute approximate surface area is 113 Å². The molecule has 1 aliphatic rings. The normalized spacial score (nSPS) is 27.6. The van der Waals surface area contributed by atoms with Crippen LogP contribution in [0, 0.1) is 5.92 Å². The number of nitrogens with one attached hydrogen (secondary N) is 1. The minimum Gasteiger partial charge on any atom is -0.465 e. The fourth-order valence-corrected chi connectivity index (χ4v) is 2.80. The molecule has 1 aromatic heterocycles. The van der Waals surface area contributed by atoms with Gasteiger partial charge in [-0.1, -0.05) is 19.8 Å². The Morgan fingerprint density at radius 3 is 3.16 bits per heavy atom. The quantitative estimate of drug-likeness (QED) is 0.820. The molecular weight excluding hydrogens is 242 g/mol. The minimum absolute atomic E-state index is 0.00231. The summed E-state index contributed by atoms with van der Waals surface area (Å²) in [7, 11) is 0. The van der Waals surface area contributed by atoms with Crippen LogP contribution in [0.3, 0.4) is 0 Å². The van der Waals surface area contributed by atoms with E-state index < -0.39 is 5.54 Å². The molecule has 0 aromatic carbocycles. The van der Waals surface area contributed by atoms with E-state index in [1.54, 1.807) is 24.5 Å². The number of carbonyl (C=O) groups is 1. The van der Waals surface area contributed by atoms with Gasteiger partial charge in [0.15, 0.2) is 0 Å². The second kappa shape index (κ2) is 6.06. The zero-order valence-electron chi connectivity index (χ0n) is 11.3. The average Bonchev–Trinajstić information content (AvgIpc) is 2.89. The SMILES string of the molecule is CC1CCCC(CO)(NC(=O)C=Cc2ccco2)C1. The van der Waals surface area contributed by atoms with Crippen LogP contribution in [0.15, 0.2) is 28.9 Å². The standard InChI is InChI=1S/C15H21NO3/c1-12-4-2-8-15(10-12,11-17)16-14(18)7-6-13-5-3-9-19-13/h3,5-7,9,12,17H,2,4,8,10-11H2,1H3,(H,16,18). The third kappa shape index (κ3) is 3.70. The predicted molar refractivity (Wildman–Crippen MR) is 73.3 cm³/mol. The Balaban J connectivity index is 1.96. The van der Waals surface area contributed by atoms with Gasteiger partial charge in [0.1, 0.15) is 5.76 Å². The maximum absolute atomic E-state index is 11.9. The first-order chi connectivity index (χ1) is 9.13. The molecule has 1 fully saturated rings. The molecule has 0 radical (unpaired) electrons. The van der Waals surface area contributed by atoms with Crippen LogP contribution in [0.1, 0.15) is 38.4 Å². The number of hydrogen-bond acceptors (Lipinski definition) is 3. The molecule has 2 rings (SSSR count). The second-order valence-electron chi connectivity index (χ2n) is 5.48. The summed E-state index contributed by atoms with van der Waals surface area (Å²) in [6.45, 7) is 2.16. The molecule has 1 heterocycles. The van der Waals surface area contributed by atoms with E-state index in [4.69, 9.17) is 4.42 Å². The Bertz CT molecular complexity index is 438. The number of aliphatic hydroxyl groups excluding tert-OH is 1. The van der Waals surface area contributed by atoms with Crippen LogP contribution < -0.4 is 5.32 Å². The van der Waals surface area contributed by atoms with Gasteiger partial charge in [-0.05, 0) is 37.0 Å². The summed E-state index contributed by atoms with van der Waals surface area (Å²) in [5.41, 5.74) is -0.456. The second-order valence-corrected chi connectivity index (χ2v) is 5.48. The molecule has 1 aromatic rings. The zero-order valence-corrected chi connectivity index (χ0v) is 11.3. The zero-order chi connectivity index (χ0) is 13.7. The van der Waals surface area contributed by atoms with Crippen molar-refractivity contribution in [3.05, 3.63) is 30.2 Å². The third-order valence-corrected chi connectivity index (χ3v) is 3.72. The first-order valence-corrected chi connectivity index (χ1v) is 6.78.